The van der Waals surface area contributed by atoms with Crippen LogP contribution in [0.3, 0.4) is 0 Å². The second-order valence-corrected chi connectivity index (χ2v) is 6.23. The fraction of sp³-hybridized carbons (Fsp3) is 0.222. The van der Waals surface area contributed by atoms with Crippen LogP contribution in [0.2, 0.25) is 5.02 Å². The summed E-state index contributed by atoms with van der Waals surface area (Å²) >= 11 is 11.5. The lowest BCUT2D eigenvalue weighted by atomic mass is 10.1. The van der Waals surface area contributed by atoms with Crippen LogP contribution in [-0.2, 0) is 4.74 Å². The van der Waals surface area contributed by atoms with Crippen molar-refractivity contribution in [1.82, 2.24) is 5.32 Å². The molecule has 2 aromatic rings. The minimum absolute atomic E-state index is 0.0353. The lowest BCUT2D eigenvalue weighted by Gasteiger charge is -2.18. The molecule has 0 aliphatic heterocycles. The van der Waals surface area contributed by atoms with Crippen molar-refractivity contribution in [2.24, 2.45) is 0 Å². The predicted molar refractivity (Wildman–Crippen MR) is 102 cm³/mol. The van der Waals surface area contributed by atoms with Crippen molar-refractivity contribution in [1.29, 1.82) is 0 Å². The number of benzene rings is 2. The topological polar surface area (TPSA) is 50.4 Å². The van der Waals surface area contributed by atoms with Crippen LogP contribution >= 0.6 is 23.8 Å². The average Bonchev–Trinajstić information content (AvgIpc) is 2.56. The summed E-state index contributed by atoms with van der Waals surface area (Å²) in [6.07, 6.45) is 0. The highest BCUT2D eigenvalue weighted by atomic mass is 35.5. The fourth-order valence-corrected chi connectivity index (χ4v) is 2.61. The van der Waals surface area contributed by atoms with Crippen molar-refractivity contribution in [2.75, 3.05) is 12.4 Å². The number of hydrogen-bond donors (Lipinski definition) is 2. The smallest absolute Gasteiger partial charge is 0.337 e. The zero-order valence-corrected chi connectivity index (χ0v) is 15.3. The number of thiocarbonyl (C=S) groups is 1. The minimum Gasteiger partial charge on any atom is -0.465 e. The number of aryl methyl sites for hydroxylation is 1. The second kappa shape index (κ2) is 8.13. The number of nitrogens with one attached hydrogen (secondary N) is 2. The maximum Gasteiger partial charge on any atom is 0.337 e. The van der Waals surface area contributed by atoms with Gasteiger partial charge in [0.05, 0.1) is 29.4 Å². The molecule has 0 radical (unpaired) electrons. The van der Waals surface area contributed by atoms with Crippen molar-refractivity contribution < 1.29 is 9.53 Å². The highest BCUT2D eigenvalue weighted by Crippen LogP contribution is 2.24. The Morgan fingerprint density at radius 3 is 2.50 bits per heavy atom. The van der Waals surface area contributed by atoms with Crippen LogP contribution < -0.4 is 10.6 Å². The molecule has 0 aromatic heterocycles. The van der Waals surface area contributed by atoms with Gasteiger partial charge in [-0.05, 0) is 49.8 Å². The fourth-order valence-electron chi connectivity index (χ4n) is 2.16. The lowest BCUT2D eigenvalue weighted by Crippen LogP contribution is -2.31. The maximum absolute atomic E-state index is 11.6. The molecule has 24 heavy (non-hydrogen) atoms. The predicted octanol–water partition coefficient (Wildman–Crippen LogP) is 4.48. The molecule has 4 nitrogen and oxygen atoms in total. The third kappa shape index (κ3) is 4.69. The van der Waals surface area contributed by atoms with Gasteiger partial charge in [-0.2, -0.15) is 0 Å². The highest BCUT2D eigenvalue weighted by Gasteiger charge is 2.11. The first-order valence-electron chi connectivity index (χ1n) is 7.42. The first kappa shape index (κ1) is 18.2. The summed E-state index contributed by atoms with van der Waals surface area (Å²) in [6, 6.07) is 13.1. The molecule has 0 saturated heterocycles. The quantitative estimate of drug-likeness (QED) is 0.620. The van der Waals surface area contributed by atoms with E-state index in [0.29, 0.717) is 21.4 Å². The van der Waals surface area contributed by atoms with Crippen LogP contribution in [0.25, 0.3) is 0 Å². The molecule has 0 bridgehead atoms. The van der Waals surface area contributed by atoms with Crippen molar-refractivity contribution in [3.05, 3.63) is 64.2 Å². The molecule has 0 unspecified atom stereocenters. The van der Waals surface area contributed by atoms with Gasteiger partial charge in [0.15, 0.2) is 5.11 Å². The molecule has 0 spiro atoms. The van der Waals surface area contributed by atoms with Crippen LogP contribution in [0.1, 0.15) is 34.5 Å². The van der Waals surface area contributed by atoms with Crippen molar-refractivity contribution in [2.45, 2.75) is 19.9 Å². The largest absolute Gasteiger partial charge is 0.465 e. The van der Waals surface area contributed by atoms with Gasteiger partial charge in [-0.1, -0.05) is 41.4 Å². The molecule has 0 aliphatic carbocycles. The monoisotopic (exact) mass is 362 g/mol. The van der Waals surface area contributed by atoms with Crippen molar-refractivity contribution in [3.63, 3.8) is 0 Å². The second-order valence-electron chi connectivity index (χ2n) is 5.42. The van der Waals surface area contributed by atoms with E-state index in [9.17, 15) is 4.79 Å². The van der Waals surface area contributed by atoms with E-state index in [-0.39, 0.29) is 6.04 Å². The highest BCUT2D eigenvalue weighted by molar-refractivity contribution is 7.80. The Morgan fingerprint density at radius 2 is 1.88 bits per heavy atom. The van der Waals surface area contributed by atoms with Gasteiger partial charge in [0, 0.05) is 0 Å². The van der Waals surface area contributed by atoms with E-state index in [0.717, 1.165) is 5.56 Å². The molecule has 0 amide bonds. The van der Waals surface area contributed by atoms with Gasteiger partial charge in [0.25, 0.3) is 0 Å². The molecule has 0 aliphatic rings. The van der Waals surface area contributed by atoms with Crippen LogP contribution in [0.4, 0.5) is 5.69 Å². The summed E-state index contributed by atoms with van der Waals surface area (Å²) in [7, 11) is 1.33. The van der Waals surface area contributed by atoms with E-state index in [4.69, 9.17) is 28.6 Å². The number of carbonyl (C=O) groups excluding carboxylic acids is 1. The van der Waals surface area contributed by atoms with E-state index in [1.807, 2.05) is 13.8 Å². The molecular formula is C18H19ClN2O2S. The summed E-state index contributed by atoms with van der Waals surface area (Å²) in [5.41, 5.74) is 3.28. The van der Waals surface area contributed by atoms with E-state index in [2.05, 4.69) is 34.9 Å². The number of methoxy groups -OCH3 is 1. The number of halogens is 1. The van der Waals surface area contributed by atoms with E-state index in [1.54, 1.807) is 18.2 Å². The zero-order valence-electron chi connectivity index (χ0n) is 13.7. The number of anilines is 1. The van der Waals surface area contributed by atoms with Crippen LogP contribution in [0.15, 0.2) is 42.5 Å². The normalized spacial score (nSPS) is 11.5. The summed E-state index contributed by atoms with van der Waals surface area (Å²) < 4.78 is 4.71. The van der Waals surface area contributed by atoms with Crippen LogP contribution in [0, 0.1) is 6.92 Å². The Labute approximate surface area is 152 Å². The Balaban J connectivity index is 2.06. The molecule has 2 aromatic carbocycles. The van der Waals surface area contributed by atoms with E-state index >= 15 is 0 Å². The molecule has 6 heteroatoms. The SMILES string of the molecule is COC(=O)c1ccc(Cl)c(NC(=S)N[C@@H](C)c2ccc(C)cc2)c1. The third-order valence-electron chi connectivity index (χ3n) is 3.56. The van der Waals surface area contributed by atoms with Gasteiger partial charge >= 0.3 is 5.97 Å². The Hall–Kier alpha value is -2.11. The average molecular weight is 363 g/mol. The molecule has 0 saturated carbocycles. The first-order valence-corrected chi connectivity index (χ1v) is 8.21. The summed E-state index contributed by atoms with van der Waals surface area (Å²) in [4.78, 5) is 11.6. The van der Waals surface area contributed by atoms with Crippen LogP contribution in [0.5, 0.6) is 0 Å². The van der Waals surface area contributed by atoms with E-state index < -0.39 is 5.97 Å². The Bertz CT molecular complexity index is 747. The molecule has 0 heterocycles. The third-order valence-corrected chi connectivity index (χ3v) is 4.11. The van der Waals surface area contributed by atoms with Gasteiger partial charge in [-0.3, -0.25) is 0 Å². The van der Waals surface area contributed by atoms with Gasteiger partial charge in [0.2, 0.25) is 0 Å². The van der Waals surface area contributed by atoms with Crippen molar-refractivity contribution >= 4 is 40.6 Å². The summed E-state index contributed by atoms with van der Waals surface area (Å²) in [6.45, 7) is 4.06. The maximum atomic E-state index is 11.6. The molecule has 0 fully saturated rings. The zero-order chi connectivity index (χ0) is 17.7. The standard InChI is InChI=1S/C18H19ClN2O2S/c1-11-4-6-13(7-5-11)12(2)20-18(24)21-16-10-14(17(22)23-3)8-9-15(16)19/h4-10,12H,1-3H3,(H2,20,21,24)/t12-/m0/s1. The number of ether oxygens (including phenoxy) is 1. The van der Waals surface area contributed by atoms with Gasteiger partial charge < -0.3 is 15.4 Å². The number of carbonyl (C=O) groups is 1. The molecular weight excluding hydrogens is 344 g/mol. The minimum atomic E-state index is -0.429. The van der Waals surface area contributed by atoms with Crippen LogP contribution in [-0.4, -0.2) is 18.2 Å². The molecule has 126 valence electrons. The van der Waals surface area contributed by atoms with Gasteiger partial charge in [-0.25, -0.2) is 4.79 Å². The van der Waals surface area contributed by atoms with E-state index in [1.165, 1.54) is 12.7 Å². The molecule has 1 atom stereocenters. The van der Waals surface area contributed by atoms with Gasteiger partial charge in [-0.15, -0.1) is 0 Å². The summed E-state index contributed by atoms with van der Waals surface area (Å²) in [5, 5.41) is 7.11. The van der Waals surface area contributed by atoms with Gasteiger partial charge in [0.1, 0.15) is 0 Å². The summed E-state index contributed by atoms with van der Waals surface area (Å²) in [5.74, 6) is -0.429. The Morgan fingerprint density at radius 1 is 1.21 bits per heavy atom. The number of hydrogen-bond acceptors (Lipinski definition) is 3. The molecule has 2 N–H and O–H groups in total. The lowest BCUT2D eigenvalue weighted by molar-refractivity contribution is 0.0601. The number of rotatable bonds is 4. The van der Waals surface area contributed by atoms with Crippen molar-refractivity contribution in [3.8, 4) is 0 Å². The Kier molecular flexibility index (Phi) is 6.17. The molecule has 2 rings (SSSR count). The first-order chi connectivity index (χ1) is 11.4. The number of esters is 1.